The average molecular weight is 470 g/mol. The largest absolute Gasteiger partial charge is 0.492 e. The molecule has 0 spiro atoms. The quantitative estimate of drug-likeness (QED) is 0.502. The van der Waals surface area contributed by atoms with E-state index in [1.165, 1.54) is 11.1 Å². The normalized spacial score (nSPS) is 14.7. The van der Waals surface area contributed by atoms with E-state index in [0.717, 1.165) is 68.9 Å². The molecule has 0 atom stereocenters. The van der Waals surface area contributed by atoms with Gasteiger partial charge in [-0.1, -0.05) is 57.2 Å². The minimum absolute atomic E-state index is 0.149. The Hall–Kier alpha value is -2.15. The number of hydrogen-bond donors (Lipinski definition) is 1. The second-order valence-electron chi connectivity index (χ2n) is 9.54. The molecular formula is C27H39N3O2S. The van der Waals surface area contributed by atoms with E-state index in [1.807, 2.05) is 31.2 Å². The molecule has 1 aliphatic rings. The molecule has 6 heteroatoms. The summed E-state index contributed by atoms with van der Waals surface area (Å²) >= 11 is 5.88. The topological polar surface area (TPSA) is 37.0 Å². The smallest absolute Gasteiger partial charge is 0.173 e. The number of rotatable bonds is 9. The molecule has 0 aliphatic carbocycles. The van der Waals surface area contributed by atoms with Crippen molar-refractivity contribution in [3.05, 3.63) is 59.7 Å². The number of thiocarbonyl (C=S) groups is 1. The van der Waals surface area contributed by atoms with Crippen LogP contribution in [0, 0.1) is 0 Å². The summed E-state index contributed by atoms with van der Waals surface area (Å²) in [5.41, 5.74) is 3.66. The highest BCUT2D eigenvalue weighted by molar-refractivity contribution is 7.80. The molecule has 0 radical (unpaired) electrons. The third-order valence-corrected chi connectivity index (χ3v) is 6.28. The van der Waals surface area contributed by atoms with Gasteiger partial charge in [0.25, 0.3) is 0 Å². The summed E-state index contributed by atoms with van der Waals surface area (Å²) in [6, 6.07) is 16.9. The van der Waals surface area contributed by atoms with Crippen LogP contribution in [0.15, 0.2) is 48.5 Å². The Balaban J connectivity index is 1.69. The van der Waals surface area contributed by atoms with E-state index >= 15 is 0 Å². The van der Waals surface area contributed by atoms with Crippen LogP contribution >= 0.6 is 12.2 Å². The molecule has 2 aromatic rings. The maximum atomic E-state index is 5.88. The lowest BCUT2D eigenvalue weighted by Crippen LogP contribution is -2.40. The van der Waals surface area contributed by atoms with Crippen LogP contribution in [0.3, 0.4) is 0 Å². The van der Waals surface area contributed by atoms with Crippen LogP contribution in [-0.2, 0) is 16.7 Å². The summed E-state index contributed by atoms with van der Waals surface area (Å²) in [5, 5.41) is 4.16. The zero-order chi connectivity index (χ0) is 23.7. The first-order chi connectivity index (χ1) is 15.9. The molecule has 180 valence electrons. The third kappa shape index (κ3) is 7.98. The van der Waals surface area contributed by atoms with Crippen molar-refractivity contribution in [1.29, 1.82) is 0 Å². The number of benzene rings is 2. The van der Waals surface area contributed by atoms with Gasteiger partial charge in [0.1, 0.15) is 5.75 Å². The summed E-state index contributed by atoms with van der Waals surface area (Å²) in [4.78, 5) is 4.74. The number of hydrogen-bond acceptors (Lipinski definition) is 4. The molecule has 1 aliphatic heterocycles. The Morgan fingerprint density at radius 3 is 2.45 bits per heavy atom. The van der Waals surface area contributed by atoms with E-state index in [4.69, 9.17) is 21.7 Å². The van der Waals surface area contributed by atoms with Gasteiger partial charge < -0.3 is 19.7 Å². The van der Waals surface area contributed by atoms with E-state index in [0.29, 0.717) is 6.61 Å². The molecule has 1 heterocycles. The molecule has 5 nitrogen and oxygen atoms in total. The maximum Gasteiger partial charge on any atom is 0.173 e. The lowest BCUT2D eigenvalue weighted by molar-refractivity contribution is 0.0368. The van der Waals surface area contributed by atoms with Crippen LogP contribution in [0.2, 0.25) is 0 Å². The van der Waals surface area contributed by atoms with E-state index in [1.54, 1.807) is 0 Å². The Kier molecular flexibility index (Phi) is 9.53. The van der Waals surface area contributed by atoms with Gasteiger partial charge in [0, 0.05) is 32.7 Å². The fraction of sp³-hybridized carbons (Fsp3) is 0.519. The molecule has 0 unspecified atom stereocenters. The fourth-order valence-electron chi connectivity index (χ4n) is 3.94. The molecule has 2 aromatic carbocycles. The van der Waals surface area contributed by atoms with Crippen molar-refractivity contribution in [1.82, 2.24) is 9.80 Å². The Bertz CT molecular complexity index is 874. The van der Waals surface area contributed by atoms with Crippen LogP contribution in [-0.4, -0.2) is 60.9 Å². The number of anilines is 1. The van der Waals surface area contributed by atoms with Gasteiger partial charge in [0.2, 0.25) is 0 Å². The summed E-state index contributed by atoms with van der Waals surface area (Å²) < 4.78 is 11.3. The number of morpholine rings is 1. The average Bonchev–Trinajstić information content (AvgIpc) is 2.80. The van der Waals surface area contributed by atoms with Gasteiger partial charge in [0.05, 0.1) is 25.5 Å². The number of ether oxygens (including phenoxy) is 2. The Morgan fingerprint density at radius 2 is 1.79 bits per heavy atom. The molecule has 3 rings (SSSR count). The second-order valence-corrected chi connectivity index (χ2v) is 9.92. The summed E-state index contributed by atoms with van der Waals surface area (Å²) in [7, 11) is 0. The van der Waals surface area contributed by atoms with Crippen molar-refractivity contribution in [3.8, 4) is 5.75 Å². The Morgan fingerprint density at radius 1 is 1.09 bits per heavy atom. The monoisotopic (exact) mass is 469 g/mol. The summed E-state index contributed by atoms with van der Waals surface area (Å²) in [6.45, 7) is 15.8. The van der Waals surface area contributed by atoms with Crippen molar-refractivity contribution in [3.63, 3.8) is 0 Å². The van der Waals surface area contributed by atoms with Crippen LogP contribution < -0.4 is 10.1 Å². The van der Waals surface area contributed by atoms with Gasteiger partial charge in [-0.15, -0.1) is 0 Å². The molecule has 0 bridgehead atoms. The first kappa shape index (κ1) is 25.5. The fourth-order valence-corrected chi connectivity index (χ4v) is 4.20. The number of nitrogens with one attached hydrogen (secondary N) is 1. The maximum absolute atomic E-state index is 5.88. The van der Waals surface area contributed by atoms with Crippen molar-refractivity contribution in [2.45, 2.75) is 46.1 Å². The first-order valence-electron chi connectivity index (χ1n) is 12.0. The predicted octanol–water partition coefficient (Wildman–Crippen LogP) is 5.30. The molecule has 33 heavy (non-hydrogen) atoms. The zero-order valence-corrected chi connectivity index (χ0v) is 21.4. The highest BCUT2D eigenvalue weighted by Gasteiger charge is 2.17. The van der Waals surface area contributed by atoms with Crippen molar-refractivity contribution < 1.29 is 9.47 Å². The zero-order valence-electron chi connectivity index (χ0n) is 20.6. The van der Waals surface area contributed by atoms with Gasteiger partial charge in [-0.2, -0.15) is 0 Å². The van der Waals surface area contributed by atoms with Gasteiger partial charge in [-0.25, -0.2) is 0 Å². The van der Waals surface area contributed by atoms with Gasteiger partial charge in [-0.05, 0) is 54.2 Å². The van der Waals surface area contributed by atoms with Gasteiger partial charge >= 0.3 is 0 Å². The van der Waals surface area contributed by atoms with E-state index in [-0.39, 0.29) is 5.41 Å². The molecule has 1 N–H and O–H groups in total. The first-order valence-corrected chi connectivity index (χ1v) is 12.4. The highest BCUT2D eigenvalue weighted by Crippen LogP contribution is 2.25. The Labute approximate surface area is 205 Å². The minimum atomic E-state index is 0.149. The minimum Gasteiger partial charge on any atom is -0.492 e. The molecule has 1 saturated heterocycles. The van der Waals surface area contributed by atoms with Crippen molar-refractivity contribution >= 4 is 23.0 Å². The van der Waals surface area contributed by atoms with Crippen LogP contribution in [0.5, 0.6) is 5.75 Å². The number of nitrogens with zero attached hydrogens (tertiary/aromatic N) is 2. The van der Waals surface area contributed by atoms with Gasteiger partial charge in [0.15, 0.2) is 5.11 Å². The number of para-hydroxylation sites is 2. The SMILES string of the molecule is CCOc1ccccc1NC(=S)N(CCCN1CCOCC1)Cc1ccc(C(C)(C)C)cc1. The highest BCUT2D eigenvalue weighted by atomic mass is 32.1. The molecular weight excluding hydrogens is 430 g/mol. The van der Waals surface area contributed by atoms with Gasteiger partial charge in [-0.3, -0.25) is 4.90 Å². The van der Waals surface area contributed by atoms with E-state index < -0.39 is 0 Å². The summed E-state index contributed by atoms with van der Waals surface area (Å²) in [5.74, 6) is 0.824. The second kappa shape index (κ2) is 12.4. The van der Waals surface area contributed by atoms with Crippen LogP contribution in [0.4, 0.5) is 5.69 Å². The lowest BCUT2D eigenvalue weighted by atomic mass is 9.87. The van der Waals surface area contributed by atoms with Crippen LogP contribution in [0.1, 0.15) is 45.2 Å². The predicted molar refractivity (Wildman–Crippen MR) is 141 cm³/mol. The van der Waals surface area contributed by atoms with Crippen molar-refractivity contribution in [2.24, 2.45) is 0 Å². The lowest BCUT2D eigenvalue weighted by Gasteiger charge is -2.30. The molecule has 0 saturated carbocycles. The third-order valence-electron chi connectivity index (χ3n) is 5.92. The van der Waals surface area contributed by atoms with Crippen molar-refractivity contribution in [2.75, 3.05) is 51.3 Å². The standard InChI is InChI=1S/C27H39N3O2S/c1-5-32-25-10-7-6-9-24(25)28-26(33)30(16-8-15-29-17-19-31-20-18-29)21-22-11-13-23(14-12-22)27(2,3)4/h6-7,9-14H,5,8,15-21H2,1-4H3,(H,28,33). The molecule has 1 fully saturated rings. The van der Waals surface area contributed by atoms with E-state index in [9.17, 15) is 0 Å². The summed E-state index contributed by atoms with van der Waals surface area (Å²) in [6.07, 6.45) is 1.05. The van der Waals surface area contributed by atoms with Crippen LogP contribution in [0.25, 0.3) is 0 Å². The molecule has 0 aromatic heterocycles. The molecule has 0 amide bonds. The van der Waals surface area contributed by atoms with E-state index in [2.05, 4.69) is 60.2 Å².